The summed E-state index contributed by atoms with van der Waals surface area (Å²) in [5.41, 5.74) is 2.14. The summed E-state index contributed by atoms with van der Waals surface area (Å²) < 4.78 is 11.4. The second-order valence-corrected chi connectivity index (χ2v) is 5.81. The van der Waals surface area contributed by atoms with E-state index in [9.17, 15) is 9.90 Å². The molecule has 0 unspecified atom stereocenters. The summed E-state index contributed by atoms with van der Waals surface area (Å²) in [6.07, 6.45) is 1.62. The summed E-state index contributed by atoms with van der Waals surface area (Å²) in [5.74, 6) is 0.253. The van der Waals surface area contributed by atoms with Crippen molar-refractivity contribution in [2.45, 2.75) is 6.92 Å². The third-order valence-corrected chi connectivity index (χ3v) is 4.08. The molecule has 4 rings (SSSR count). The van der Waals surface area contributed by atoms with Crippen molar-refractivity contribution in [3.8, 4) is 17.1 Å². The highest BCUT2D eigenvalue weighted by atomic mass is 35.5. The minimum Gasteiger partial charge on any atom is -0.507 e. The highest BCUT2D eigenvalue weighted by Crippen LogP contribution is 2.35. The monoisotopic (exact) mass is 326 g/mol. The van der Waals surface area contributed by atoms with Crippen LogP contribution in [0.25, 0.3) is 33.3 Å². The number of rotatable bonds is 1. The van der Waals surface area contributed by atoms with Crippen LogP contribution in [0.2, 0.25) is 5.02 Å². The van der Waals surface area contributed by atoms with Gasteiger partial charge in [-0.25, -0.2) is 0 Å². The van der Waals surface area contributed by atoms with Gasteiger partial charge in [-0.1, -0.05) is 11.6 Å². The van der Waals surface area contributed by atoms with E-state index in [2.05, 4.69) is 0 Å². The highest BCUT2D eigenvalue weighted by molar-refractivity contribution is 6.31. The molecule has 0 aliphatic carbocycles. The molecule has 0 atom stereocenters. The van der Waals surface area contributed by atoms with Crippen LogP contribution in [0, 0.1) is 6.92 Å². The summed E-state index contributed by atoms with van der Waals surface area (Å²) in [4.78, 5) is 12.4. The average Bonchev–Trinajstić information content (AvgIpc) is 2.91. The molecule has 0 radical (unpaired) electrons. The van der Waals surface area contributed by atoms with Gasteiger partial charge in [0.05, 0.1) is 22.6 Å². The van der Waals surface area contributed by atoms with Crippen molar-refractivity contribution in [3.63, 3.8) is 0 Å². The molecule has 0 aliphatic heterocycles. The summed E-state index contributed by atoms with van der Waals surface area (Å²) in [7, 11) is 0. The number of phenolic OH excluding ortho intramolecular Hbond substituents is 1. The largest absolute Gasteiger partial charge is 0.507 e. The van der Waals surface area contributed by atoms with E-state index < -0.39 is 0 Å². The van der Waals surface area contributed by atoms with Crippen LogP contribution in [-0.4, -0.2) is 5.11 Å². The van der Waals surface area contributed by atoms with Gasteiger partial charge >= 0.3 is 0 Å². The minimum absolute atomic E-state index is 0.00649. The summed E-state index contributed by atoms with van der Waals surface area (Å²) >= 11 is 5.98. The van der Waals surface area contributed by atoms with Crippen molar-refractivity contribution in [2.24, 2.45) is 0 Å². The lowest BCUT2D eigenvalue weighted by atomic mass is 10.1. The molecule has 0 spiro atoms. The molecule has 0 amide bonds. The Hall–Kier alpha value is -2.72. The Labute approximate surface area is 135 Å². The van der Waals surface area contributed by atoms with Crippen molar-refractivity contribution in [1.82, 2.24) is 0 Å². The second kappa shape index (κ2) is 4.89. The highest BCUT2D eigenvalue weighted by Gasteiger charge is 2.15. The predicted molar refractivity (Wildman–Crippen MR) is 89.1 cm³/mol. The fourth-order valence-corrected chi connectivity index (χ4v) is 2.89. The molecule has 4 aromatic rings. The van der Waals surface area contributed by atoms with Gasteiger partial charge in [0.15, 0.2) is 5.43 Å². The summed E-state index contributed by atoms with van der Waals surface area (Å²) in [6.45, 7) is 1.88. The maximum absolute atomic E-state index is 12.4. The molecular formula is C18H11ClO4. The number of hydrogen-bond donors (Lipinski definition) is 1. The fraction of sp³-hybridized carbons (Fsp3) is 0.0556. The maximum atomic E-state index is 12.4. The molecule has 0 saturated carbocycles. The zero-order valence-corrected chi connectivity index (χ0v) is 12.8. The SMILES string of the molecule is Cc1coc2ccc3c(=O)cc(-c4cc(Cl)ccc4O)oc3c12. The predicted octanol–water partition coefficient (Wildman–Crippen LogP) is 4.87. The first-order valence-corrected chi connectivity index (χ1v) is 7.36. The number of fused-ring (bicyclic) bond motifs is 3. The third-order valence-electron chi connectivity index (χ3n) is 3.84. The van der Waals surface area contributed by atoms with Crippen LogP contribution in [0.4, 0.5) is 0 Å². The topological polar surface area (TPSA) is 63.6 Å². The van der Waals surface area contributed by atoms with Crippen LogP contribution >= 0.6 is 11.6 Å². The molecule has 5 heteroatoms. The van der Waals surface area contributed by atoms with Gasteiger partial charge in [-0.2, -0.15) is 0 Å². The zero-order chi connectivity index (χ0) is 16.1. The van der Waals surface area contributed by atoms with E-state index in [0.29, 0.717) is 27.1 Å². The van der Waals surface area contributed by atoms with Crippen LogP contribution in [0.15, 0.2) is 56.3 Å². The lowest BCUT2D eigenvalue weighted by Gasteiger charge is -2.06. The van der Waals surface area contributed by atoms with Gasteiger partial charge in [-0.15, -0.1) is 0 Å². The van der Waals surface area contributed by atoms with E-state index in [1.54, 1.807) is 30.5 Å². The molecule has 23 heavy (non-hydrogen) atoms. The molecule has 2 aromatic heterocycles. The van der Waals surface area contributed by atoms with E-state index in [4.69, 9.17) is 20.4 Å². The number of hydrogen-bond acceptors (Lipinski definition) is 4. The Morgan fingerprint density at radius 2 is 1.96 bits per heavy atom. The van der Waals surface area contributed by atoms with Gasteiger partial charge in [0.25, 0.3) is 0 Å². The van der Waals surface area contributed by atoms with Gasteiger partial charge in [0.2, 0.25) is 0 Å². The lowest BCUT2D eigenvalue weighted by molar-refractivity contribution is 0.474. The standard InChI is InChI=1S/C18H11ClO4/c1-9-8-22-15-5-3-11-14(21)7-16(23-18(11)17(9)15)12-6-10(19)2-4-13(12)20/h2-8,20H,1H3. The van der Waals surface area contributed by atoms with Gasteiger partial charge in [0, 0.05) is 11.1 Å². The van der Waals surface area contributed by atoms with E-state index in [1.807, 2.05) is 6.92 Å². The van der Waals surface area contributed by atoms with Crippen LogP contribution in [0.3, 0.4) is 0 Å². The van der Waals surface area contributed by atoms with Crippen LogP contribution in [0.1, 0.15) is 5.56 Å². The quantitative estimate of drug-likeness (QED) is 0.542. The van der Waals surface area contributed by atoms with Crippen molar-refractivity contribution in [3.05, 3.63) is 63.5 Å². The van der Waals surface area contributed by atoms with Gasteiger partial charge in [0.1, 0.15) is 22.7 Å². The van der Waals surface area contributed by atoms with Crippen molar-refractivity contribution >= 4 is 33.5 Å². The van der Waals surface area contributed by atoms with Gasteiger partial charge in [-0.05, 0) is 42.8 Å². The van der Waals surface area contributed by atoms with Gasteiger partial charge < -0.3 is 13.9 Å². The fourth-order valence-electron chi connectivity index (χ4n) is 2.72. The molecule has 2 heterocycles. The van der Waals surface area contributed by atoms with E-state index >= 15 is 0 Å². The van der Waals surface area contributed by atoms with E-state index in [1.165, 1.54) is 12.1 Å². The normalized spacial score (nSPS) is 11.4. The molecule has 0 saturated heterocycles. The average molecular weight is 327 g/mol. The van der Waals surface area contributed by atoms with Crippen LogP contribution in [-0.2, 0) is 0 Å². The molecular weight excluding hydrogens is 316 g/mol. The Kier molecular flexibility index (Phi) is 2.96. The maximum Gasteiger partial charge on any atom is 0.193 e. The Morgan fingerprint density at radius 3 is 2.78 bits per heavy atom. The molecule has 114 valence electrons. The van der Waals surface area contributed by atoms with Crippen molar-refractivity contribution < 1.29 is 13.9 Å². The molecule has 2 aromatic carbocycles. The summed E-state index contributed by atoms with van der Waals surface area (Å²) in [5, 5.41) is 11.7. The first-order valence-electron chi connectivity index (χ1n) is 6.98. The number of aromatic hydroxyl groups is 1. The molecule has 0 fully saturated rings. The van der Waals surface area contributed by atoms with Gasteiger partial charge in [-0.3, -0.25) is 4.79 Å². The van der Waals surface area contributed by atoms with E-state index in [-0.39, 0.29) is 16.9 Å². The van der Waals surface area contributed by atoms with E-state index in [0.717, 1.165) is 10.9 Å². The second-order valence-electron chi connectivity index (χ2n) is 5.37. The first-order chi connectivity index (χ1) is 11.0. The Morgan fingerprint density at radius 1 is 1.13 bits per heavy atom. The molecule has 0 aliphatic rings. The Bertz CT molecular complexity index is 1120. The van der Waals surface area contributed by atoms with Crippen LogP contribution < -0.4 is 5.43 Å². The van der Waals surface area contributed by atoms with Crippen molar-refractivity contribution in [1.29, 1.82) is 0 Å². The minimum atomic E-state index is -0.192. The van der Waals surface area contributed by atoms with Crippen molar-refractivity contribution in [2.75, 3.05) is 0 Å². The number of phenols is 1. The number of benzene rings is 2. The molecule has 1 N–H and O–H groups in total. The number of furan rings is 1. The Balaban J connectivity index is 2.14. The first kappa shape index (κ1) is 13.9. The molecule has 4 nitrogen and oxygen atoms in total. The summed E-state index contributed by atoms with van der Waals surface area (Å²) in [6, 6.07) is 9.37. The number of aryl methyl sites for hydroxylation is 1. The lowest BCUT2D eigenvalue weighted by Crippen LogP contribution is -2.00. The molecule has 0 bridgehead atoms. The number of halogens is 1. The zero-order valence-electron chi connectivity index (χ0n) is 12.1. The van der Waals surface area contributed by atoms with Crippen LogP contribution in [0.5, 0.6) is 5.75 Å². The third kappa shape index (κ3) is 2.11. The smallest absolute Gasteiger partial charge is 0.193 e.